The zero-order chi connectivity index (χ0) is 27.0. The lowest BCUT2D eigenvalue weighted by atomic mass is 9.82. The molecule has 36 heavy (non-hydrogen) atoms. The van der Waals surface area contributed by atoms with E-state index in [1.165, 1.54) is 18.2 Å². The summed E-state index contributed by atoms with van der Waals surface area (Å²) in [4.78, 5) is 63.3. The number of ketones is 1. The molecule has 1 heterocycles. The molecular formula is C24H29F3N4O5. The molecule has 3 atom stereocenters. The highest BCUT2D eigenvalue weighted by molar-refractivity contribution is 6.38. The molecule has 9 nitrogen and oxygen atoms in total. The summed E-state index contributed by atoms with van der Waals surface area (Å²) in [5.74, 6) is -6.71. The van der Waals surface area contributed by atoms with Crippen LogP contribution in [-0.4, -0.2) is 47.7 Å². The maximum Gasteiger partial charge on any atom is 0.402 e. The van der Waals surface area contributed by atoms with Crippen LogP contribution in [0, 0.1) is 11.3 Å². The van der Waals surface area contributed by atoms with E-state index in [1.54, 1.807) is 6.92 Å². The van der Waals surface area contributed by atoms with E-state index in [2.05, 4.69) is 16.0 Å². The minimum absolute atomic E-state index is 0.0686. The smallest absolute Gasteiger partial charge is 0.366 e. The van der Waals surface area contributed by atoms with Crippen LogP contribution in [0.5, 0.6) is 0 Å². The molecule has 2 fully saturated rings. The van der Waals surface area contributed by atoms with Crippen molar-refractivity contribution in [1.29, 1.82) is 0 Å². The first-order valence-corrected chi connectivity index (χ1v) is 11.6. The van der Waals surface area contributed by atoms with Gasteiger partial charge in [0, 0.05) is 18.0 Å². The first kappa shape index (κ1) is 27.2. The van der Waals surface area contributed by atoms with Gasteiger partial charge in [-0.15, -0.1) is 0 Å². The van der Waals surface area contributed by atoms with E-state index in [4.69, 9.17) is 5.73 Å². The fraction of sp³-hybridized carbons (Fsp3) is 0.542. The summed E-state index contributed by atoms with van der Waals surface area (Å²) in [5, 5.41) is 7.44. The molecule has 1 saturated heterocycles. The van der Waals surface area contributed by atoms with Crippen LogP contribution in [0.4, 0.5) is 18.9 Å². The van der Waals surface area contributed by atoms with Crippen LogP contribution < -0.4 is 21.7 Å². The van der Waals surface area contributed by atoms with Crippen LogP contribution in [0.1, 0.15) is 68.3 Å². The highest BCUT2D eigenvalue weighted by Gasteiger charge is 2.53. The number of anilines is 1. The lowest BCUT2D eigenvalue weighted by Gasteiger charge is -2.28. The van der Waals surface area contributed by atoms with Crippen LogP contribution in [0.15, 0.2) is 18.2 Å². The standard InChI is InChI=1S/C24H29F3N4O5/c1-11-9-12(20(34)29-11)10-16(18(32)21(35)30-13-7-8-13)14-5-4-6-15(19(28)33)17(14)31-22(36)23(2,3)24(25,26)27/h4-6,11-13,16H,7-10H2,1-3H3,(H2,28,33)(H,29,34)(H,30,35)(H,31,36)/t11-,12-,16+/m1/s1. The zero-order valence-corrected chi connectivity index (χ0v) is 20.1. The van der Waals surface area contributed by atoms with Crippen LogP contribution >= 0.6 is 0 Å². The second-order valence-corrected chi connectivity index (χ2v) is 9.95. The highest BCUT2D eigenvalue weighted by Crippen LogP contribution is 2.41. The van der Waals surface area contributed by atoms with Crippen LogP contribution in [0.25, 0.3) is 0 Å². The van der Waals surface area contributed by atoms with E-state index in [0.29, 0.717) is 33.1 Å². The monoisotopic (exact) mass is 510 g/mol. The van der Waals surface area contributed by atoms with Crippen molar-refractivity contribution in [3.8, 4) is 0 Å². The first-order valence-electron chi connectivity index (χ1n) is 11.6. The largest absolute Gasteiger partial charge is 0.402 e. The van der Waals surface area contributed by atoms with Gasteiger partial charge in [0.25, 0.3) is 11.8 Å². The highest BCUT2D eigenvalue weighted by atomic mass is 19.4. The third kappa shape index (κ3) is 5.68. The number of primary amides is 1. The SMILES string of the molecule is C[C@@H]1C[C@H](C[C@H](C(=O)C(=O)NC2CC2)c2cccc(C(N)=O)c2NC(=O)C(C)(C)C(F)(F)F)C(=O)N1. The number of rotatable bonds is 9. The van der Waals surface area contributed by atoms with Crippen molar-refractivity contribution in [2.24, 2.45) is 17.1 Å². The summed E-state index contributed by atoms with van der Waals surface area (Å²) in [7, 11) is 0. The number of carbonyl (C=O) groups excluding carboxylic acids is 5. The number of Topliss-reactive ketones (excluding diaryl/α,β-unsaturated/α-hetero) is 1. The Morgan fingerprint density at radius 3 is 2.31 bits per heavy atom. The Labute approximate surface area is 205 Å². The minimum Gasteiger partial charge on any atom is -0.366 e. The minimum atomic E-state index is -4.92. The fourth-order valence-electron chi connectivity index (χ4n) is 4.06. The van der Waals surface area contributed by atoms with Gasteiger partial charge in [-0.3, -0.25) is 24.0 Å². The topological polar surface area (TPSA) is 147 Å². The lowest BCUT2D eigenvalue weighted by Crippen LogP contribution is -2.44. The van der Waals surface area contributed by atoms with Gasteiger partial charge >= 0.3 is 6.18 Å². The average Bonchev–Trinajstić information content (AvgIpc) is 3.53. The molecule has 1 aliphatic heterocycles. The van der Waals surface area contributed by atoms with E-state index in [9.17, 15) is 37.1 Å². The number of benzene rings is 1. The maximum atomic E-state index is 13.5. The lowest BCUT2D eigenvalue weighted by molar-refractivity contribution is -0.208. The van der Waals surface area contributed by atoms with Crippen molar-refractivity contribution < 1.29 is 37.1 Å². The molecule has 4 amide bonds. The number of halogens is 3. The summed E-state index contributed by atoms with van der Waals surface area (Å²) in [6.07, 6.45) is -3.29. The second kappa shape index (κ2) is 9.90. The Bertz CT molecular complexity index is 1100. The molecule has 0 aromatic heterocycles. The number of alkyl halides is 3. The molecule has 1 aromatic rings. The number of hydrogen-bond acceptors (Lipinski definition) is 5. The number of hydrogen-bond donors (Lipinski definition) is 4. The van der Waals surface area contributed by atoms with Gasteiger partial charge < -0.3 is 21.7 Å². The van der Waals surface area contributed by atoms with Gasteiger partial charge in [0.05, 0.1) is 17.2 Å². The quantitative estimate of drug-likeness (QED) is 0.376. The van der Waals surface area contributed by atoms with E-state index in [-0.39, 0.29) is 35.5 Å². The van der Waals surface area contributed by atoms with Gasteiger partial charge in [0.2, 0.25) is 17.6 Å². The van der Waals surface area contributed by atoms with Crippen molar-refractivity contribution in [2.75, 3.05) is 5.32 Å². The Kier molecular flexibility index (Phi) is 7.47. The third-order valence-corrected chi connectivity index (χ3v) is 6.62. The van der Waals surface area contributed by atoms with Crippen molar-refractivity contribution in [2.45, 2.75) is 70.6 Å². The summed E-state index contributed by atoms with van der Waals surface area (Å²) in [5.41, 5.74) is 1.79. The molecule has 1 aliphatic carbocycles. The first-order chi connectivity index (χ1) is 16.6. The number of nitrogens with one attached hydrogen (secondary N) is 3. The third-order valence-electron chi connectivity index (χ3n) is 6.62. The van der Waals surface area contributed by atoms with Crippen molar-refractivity contribution in [1.82, 2.24) is 10.6 Å². The summed E-state index contributed by atoms with van der Waals surface area (Å²) in [6.45, 7) is 3.11. The fourth-order valence-corrected chi connectivity index (χ4v) is 4.06. The normalized spacial score (nSPS) is 20.9. The molecule has 3 rings (SSSR count). The zero-order valence-electron chi connectivity index (χ0n) is 20.1. The predicted octanol–water partition coefficient (Wildman–Crippen LogP) is 2.16. The van der Waals surface area contributed by atoms with E-state index < -0.39 is 52.6 Å². The molecule has 0 radical (unpaired) electrons. The van der Waals surface area contributed by atoms with E-state index >= 15 is 0 Å². The molecule has 0 unspecified atom stereocenters. The molecule has 12 heteroatoms. The Morgan fingerprint density at radius 2 is 1.81 bits per heavy atom. The van der Waals surface area contributed by atoms with Crippen LogP contribution in [0.2, 0.25) is 0 Å². The van der Waals surface area contributed by atoms with Crippen molar-refractivity contribution in [3.05, 3.63) is 29.3 Å². The summed E-state index contributed by atoms with van der Waals surface area (Å²) in [6, 6.07) is 3.53. The molecular weight excluding hydrogens is 481 g/mol. The van der Waals surface area contributed by atoms with Gasteiger partial charge in [0.1, 0.15) is 5.41 Å². The molecule has 1 saturated carbocycles. The Hall–Kier alpha value is -3.44. The number of carbonyl (C=O) groups is 5. The molecule has 0 bridgehead atoms. The number of amides is 4. The van der Waals surface area contributed by atoms with Gasteiger partial charge in [-0.1, -0.05) is 12.1 Å². The molecule has 1 aromatic carbocycles. The van der Waals surface area contributed by atoms with Gasteiger partial charge in [-0.05, 0) is 58.1 Å². The van der Waals surface area contributed by atoms with E-state index in [1.807, 2.05) is 0 Å². The van der Waals surface area contributed by atoms with Crippen LogP contribution in [0.3, 0.4) is 0 Å². The molecule has 196 valence electrons. The maximum absolute atomic E-state index is 13.5. The van der Waals surface area contributed by atoms with Gasteiger partial charge in [0.15, 0.2) is 0 Å². The predicted molar refractivity (Wildman–Crippen MR) is 123 cm³/mol. The summed E-state index contributed by atoms with van der Waals surface area (Å²) < 4.78 is 40.5. The Morgan fingerprint density at radius 1 is 1.17 bits per heavy atom. The number of para-hydroxylation sites is 1. The Balaban J connectivity index is 2.08. The summed E-state index contributed by atoms with van der Waals surface area (Å²) >= 11 is 0. The van der Waals surface area contributed by atoms with Gasteiger partial charge in [-0.25, -0.2) is 0 Å². The molecule has 5 N–H and O–H groups in total. The molecule has 0 spiro atoms. The van der Waals surface area contributed by atoms with Gasteiger partial charge in [-0.2, -0.15) is 13.2 Å². The average molecular weight is 511 g/mol. The van der Waals surface area contributed by atoms with Crippen molar-refractivity contribution in [3.63, 3.8) is 0 Å². The van der Waals surface area contributed by atoms with Crippen LogP contribution in [-0.2, 0) is 19.2 Å². The molecule has 2 aliphatic rings. The second-order valence-electron chi connectivity index (χ2n) is 9.95. The number of nitrogens with two attached hydrogens (primary N) is 1. The van der Waals surface area contributed by atoms with Crippen molar-refractivity contribution >= 4 is 35.1 Å². The van der Waals surface area contributed by atoms with E-state index in [0.717, 1.165) is 0 Å².